The van der Waals surface area contributed by atoms with E-state index in [-0.39, 0.29) is 5.75 Å². The highest BCUT2D eigenvalue weighted by Gasteiger charge is 2.17. The van der Waals surface area contributed by atoms with Crippen LogP contribution in [0, 0.1) is 0 Å². The van der Waals surface area contributed by atoms with Crippen LogP contribution in [0.4, 0.5) is 0 Å². The van der Waals surface area contributed by atoms with Gasteiger partial charge in [0, 0.05) is 0 Å². The number of alkyl halides is 2. The second-order valence-corrected chi connectivity index (χ2v) is 9.52. The summed E-state index contributed by atoms with van der Waals surface area (Å²) in [6.07, 6.45) is 5.31. The highest BCUT2D eigenvalue weighted by molar-refractivity contribution is 9.27. The first-order chi connectivity index (χ1) is 6.00. The molecule has 0 fully saturated rings. The molecule has 0 aromatic rings. The quantitative estimate of drug-likeness (QED) is 0.527. The minimum atomic E-state index is -2.95. The standard InChI is InChI=1S/C8H16Br2O2S/c1-2-3-4-5-6-7-13(11,12)8(9)10/h8H,2-7H2,1H3. The van der Waals surface area contributed by atoms with Gasteiger partial charge in [0.1, 0.15) is 0 Å². The van der Waals surface area contributed by atoms with E-state index in [4.69, 9.17) is 0 Å². The molecule has 0 amide bonds. The van der Waals surface area contributed by atoms with E-state index in [0.29, 0.717) is 0 Å². The van der Waals surface area contributed by atoms with Crippen molar-refractivity contribution in [1.82, 2.24) is 0 Å². The first kappa shape index (κ1) is 13.9. The number of hydrogen-bond acceptors (Lipinski definition) is 2. The smallest absolute Gasteiger partial charge is 0.173 e. The van der Waals surface area contributed by atoms with Crippen LogP contribution in [-0.4, -0.2) is 17.2 Å². The maximum absolute atomic E-state index is 11.3. The predicted octanol–water partition coefficient (Wildman–Crippen LogP) is 3.45. The zero-order chi connectivity index (χ0) is 10.3. The summed E-state index contributed by atoms with van der Waals surface area (Å²) in [5.41, 5.74) is 0. The van der Waals surface area contributed by atoms with Crippen LogP contribution in [-0.2, 0) is 9.84 Å². The monoisotopic (exact) mass is 334 g/mol. The van der Waals surface area contributed by atoms with E-state index >= 15 is 0 Å². The normalized spacial score (nSPS) is 12.3. The van der Waals surface area contributed by atoms with Crippen LogP contribution in [0.3, 0.4) is 0 Å². The number of unbranched alkanes of at least 4 members (excludes halogenated alkanes) is 4. The molecule has 0 spiro atoms. The first-order valence-electron chi connectivity index (χ1n) is 4.50. The fraction of sp³-hybridized carbons (Fsp3) is 1.00. The summed E-state index contributed by atoms with van der Waals surface area (Å²) in [6, 6.07) is 0. The Morgan fingerprint density at radius 1 is 1.08 bits per heavy atom. The largest absolute Gasteiger partial charge is 0.227 e. The van der Waals surface area contributed by atoms with Gasteiger partial charge in [-0.25, -0.2) is 8.42 Å². The third-order valence-corrected chi connectivity index (χ3v) is 6.62. The summed E-state index contributed by atoms with van der Waals surface area (Å²) in [7, 11) is -2.95. The average Bonchev–Trinajstić information content (AvgIpc) is 2.03. The van der Waals surface area contributed by atoms with Gasteiger partial charge in [0.05, 0.1) is 5.75 Å². The lowest BCUT2D eigenvalue weighted by atomic mass is 10.2. The van der Waals surface area contributed by atoms with Gasteiger partial charge in [-0.2, -0.15) is 0 Å². The molecule has 0 N–H and O–H groups in total. The Kier molecular flexibility index (Phi) is 7.74. The zero-order valence-electron chi connectivity index (χ0n) is 7.80. The van der Waals surface area contributed by atoms with Gasteiger partial charge in [-0.1, -0.05) is 64.5 Å². The Labute approximate surface area is 97.7 Å². The van der Waals surface area contributed by atoms with Crippen molar-refractivity contribution in [1.29, 1.82) is 0 Å². The van der Waals surface area contributed by atoms with Crippen LogP contribution in [0.25, 0.3) is 0 Å². The van der Waals surface area contributed by atoms with Crippen molar-refractivity contribution in [3.8, 4) is 0 Å². The topological polar surface area (TPSA) is 34.1 Å². The molecule has 0 saturated carbocycles. The lowest BCUT2D eigenvalue weighted by Gasteiger charge is -2.04. The Morgan fingerprint density at radius 2 is 1.62 bits per heavy atom. The van der Waals surface area contributed by atoms with Crippen LogP contribution in [0.1, 0.15) is 39.0 Å². The van der Waals surface area contributed by atoms with Gasteiger partial charge in [-0.3, -0.25) is 0 Å². The number of hydrogen-bond donors (Lipinski definition) is 0. The minimum Gasteiger partial charge on any atom is -0.227 e. The molecule has 0 aliphatic rings. The van der Waals surface area contributed by atoms with E-state index in [2.05, 4.69) is 38.8 Å². The lowest BCUT2D eigenvalue weighted by Crippen LogP contribution is -2.12. The summed E-state index contributed by atoms with van der Waals surface area (Å²) in [6.45, 7) is 2.14. The summed E-state index contributed by atoms with van der Waals surface area (Å²) >= 11 is 6.01. The van der Waals surface area contributed by atoms with Crippen LogP contribution in [0.2, 0.25) is 0 Å². The molecule has 0 atom stereocenters. The molecule has 0 heterocycles. The Balaban J connectivity index is 3.53. The second-order valence-electron chi connectivity index (χ2n) is 3.04. The molecule has 0 radical (unpaired) electrons. The fourth-order valence-electron chi connectivity index (χ4n) is 0.996. The van der Waals surface area contributed by atoms with Crippen molar-refractivity contribution in [3.05, 3.63) is 0 Å². The average molecular weight is 336 g/mol. The molecule has 0 aromatic carbocycles. The molecular weight excluding hydrogens is 320 g/mol. The highest BCUT2D eigenvalue weighted by atomic mass is 79.9. The van der Waals surface area contributed by atoms with Gasteiger partial charge >= 0.3 is 0 Å². The minimum absolute atomic E-state index is 0.276. The predicted molar refractivity (Wildman–Crippen MR) is 64.2 cm³/mol. The van der Waals surface area contributed by atoms with Crippen LogP contribution < -0.4 is 0 Å². The number of halogens is 2. The summed E-state index contributed by atoms with van der Waals surface area (Å²) in [5.74, 6) is 0.276. The SMILES string of the molecule is CCCCCCCS(=O)(=O)C(Br)Br. The van der Waals surface area contributed by atoms with E-state index in [1.807, 2.05) is 0 Å². The molecule has 2 nitrogen and oxygen atoms in total. The molecule has 0 unspecified atom stereocenters. The van der Waals surface area contributed by atoms with Crippen molar-refractivity contribution in [2.75, 3.05) is 5.75 Å². The Hall–Kier alpha value is 0.910. The summed E-state index contributed by atoms with van der Waals surface area (Å²) in [5, 5.41) is 0. The van der Waals surface area contributed by atoms with Crippen molar-refractivity contribution in [2.45, 2.75) is 42.1 Å². The molecule has 0 bridgehead atoms. The van der Waals surface area contributed by atoms with E-state index in [1.54, 1.807) is 0 Å². The maximum Gasteiger partial charge on any atom is 0.173 e. The summed E-state index contributed by atoms with van der Waals surface area (Å²) in [4.78, 5) is 0. The van der Waals surface area contributed by atoms with Gasteiger partial charge in [0.2, 0.25) is 0 Å². The number of rotatable bonds is 7. The van der Waals surface area contributed by atoms with Crippen LogP contribution in [0.5, 0.6) is 0 Å². The van der Waals surface area contributed by atoms with Crippen LogP contribution >= 0.6 is 31.9 Å². The third kappa shape index (κ3) is 6.91. The van der Waals surface area contributed by atoms with Crippen molar-refractivity contribution in [3.63, 3.8) is 0 Å². The molecule has 0 saturated heterocycles. The highest BCUT2D eigenvalue weighted by Crippen LogP contribution is 2.18. The maximum atomic E-state index is 11.3. The van der Waals surface area contributed by atoms with E-state index in [0.717, 1.165) is 19.3 Å². The van der Waals surface area contributed by atoms with Gasteiger partial charge in [0.25, 0.3) is 0 Å². The van der Waals surface area contributed by atoms with Gasteiger partial charge in [-0.15, -0.1) is 0 Å². The molecule has 0 aromatic heterocycles. The van der Waals surface area contributed by atoms with E-state index in [9.17, 15) is 8.42 Å². The van der Waals surface area contributed by atoms with Crippen molar-refractivity contribution < 1.29 is 8.42 Å². The Morgan fingerprint density at radius 3 is 2.08 bits per heavy atom. The molecule has 13 heavy (non-hydrogen) atoms. The molecule has 5 heteroatoms. The summed E-state index contributed by atoms with van der Waals surface area (Å²) < 4.78 is 22.0. The lowest BCUT2D eigenvalue weighted by molar-refractivity contribution is 0.590. The molecule has 0 aliphatic carbocycles. The fourth-order valence-corrected chi connectivity index (χ4v) is 2.90. The Bertz CT molecular complexity index is 212. The van der Waals surface area contributed by atoms with Gasteiger partial charge in [0.15, 0.2) is 12.9 Å². The van der Waals surface area contributed by atoms with Crippen molar-refractivity contribution >= 4 is 41.7 Å². The number of sulfone groups is 1. The van der Waals surface area contributed by atoms with Crippen molar-refractivity contribution in [2.24, 2.45) is 0 Å². The van der Waals surface area contributed by atoms with Gasteiger partial charge < -0.3 is 0 Å². The molecule has 0 aliphatic heterocycles. The zero-order valence-corrected chi connectivity index (χ0v) is 11.8. The third-order valence-electron chi connectivity index (χ3n) is 1.80. The molecular formula is C8H16Br2O2S. The first-order valence-corrected chi connectivity index (χ1v) is 8.05. The van der Waals surface area contributed by atoms with E-state index < -0.39 is 12.9 Å². The van der Waals surface area contributed by atoms with Crippen LogP contribution in [0.15, 0.2) is 0 Å². The van der Waals surface area contributed by atoms with E-state index in [1.165, 1.54) is 12.8 Å². The van der Waals surface area contributed by atoms with Gasteiger partial charge in [-0.05, 0) is 6.42 Å². The molecule has 80 valence electrons. The molecule has 0 rings (SSSR count). The second kappa shape index (κ2) is 7.23.